The zero-order chi connectivity index (χ0) is 12.5. The molecule has 1 aromatic heterocycles. The summed E-state index contributed by atoms with van der Waals surface area (Å²) in [6.45, 7) is 3.70. The van der Waals surface area contributed by atoms with Gasteiger partial charge in [0.2, 0.25) is 0 Å². The number of ether oxygens (including phenoxy) is 1. The molecule has 0 spiro atoms. The van der Waals surface area contributed by atoms with Crippen LogP contribution in [0.15, 0.2) is 6.20 Å². The van der Waals surface area contributed by atoms with Crippen LogP contribution in [0.1, 0.15) is 42.2 Å². The van der Waals surface area contributed by atoms with Crippen molar-refractivity contribution in [1.29, 1.82) is 0 Å². The number of carbonyl (C=O) groups is 1. The highest BCUT2D eigenvalue weighted by Gasteiger charge is 2.32. The number of aromatic nitrogens is 2. The monoisotopic (exact) mass is 249 g/mol. The van der Waals surface area contributed by atoms with Gasteiger partial charge in [0.15, 0.2) is 0 Å². The van der Waals surface area contributed by atoms with Gasteiger partial charge in [-0.3, -0.25) is 9.48 Å². The van der Waals surface area contributed by atoms with Crippen LogP contribution in [0.5, 0.6) is 0 Å². The summed E-state index contributed by atoms with van der Waals surface area (Å²) in [5, 5.41) is 7.31. The van der Waals surface area contributed by atoms with E-state index in [2.05, 4.69) is 10.4 Å². The van der Waals surface area contributed by atoms with Crippen LogP contribution < -0.4 is 5.32 Å². The van der Waals surface area contributed by atoms with E-state index < -0.39 is 0 Å². The van der Waals surface area contributed by atoms with Gasteiger partial charge in [0, 0.05) is 19.2 Å². The highest BCUT2D eigenvalue weighted by atomic mass is 16.5. The summed E-state index contributed by atoms with van der Waals surface area (Å²) < 4.78 is 7.43. The molecule has 1 aliphatic heterocycles. The maximum absolute atomic E-state index is 12.1. The molecule has 2 aliphatic rings. The summed E-state index contributed by atoms with van der Waals surface area (Å²) in [5.41, 5.74) is 1.85. The Balaban J connectivity index is 1.56. The first-order chi connectivity index (χ1) is 8.78. The van der Waals surface area contributed by atoms with Gasteiger partial charge in [0.1, 0.15) is 0 Å². The van der Waals surface area contributed by atoms with Crippen LogP contribution in [-0.2, 0) is 17.7 Å². The molecule has 2 heterocycles. The second-order valence-corrected chi connectivity index (χ2v) is 5.05. The van der Waals surface area contributed by atoms with Crippen LogP contribution in [0.2, 0.25) is 0 Å². The highest BCUT2D eigenvalue weighted by Crippen LogP contribution is 2.24. The van der Waals surface area contributed by atoms with Crippen LogP contribution in [0.25, 0.3) is 0 Å². The first-order valence-corrected chi connectivity index (χ1v) is 6.75. The van der Waals surface area contributed by atoms with Crippen molar-refractivity contribution < 1.29 is 9.53 Å². The Morgan fingerprint density at radius 3 is 3.22 bits per heavy atom. The van der Waals surface area contributed by atoms with Crippen LogP contribution in [0, 0.1) is 0 Å². The standard InChI is InChI=1S/C13H19N3O2/c1-2-18-10-6-9(7-10)15-13(17)11-8-14-16-5-3-4-12(11)16/h8-10H,2-7H2,1H3,(H,15,17). The Kier molecular flexibility index (Phi) is 3.07. The topological polar surface area (TPSA) is 56.1 Å². The van der Waals surface area contributed by atoms with Crippen molar-refractivity contribution in [2.45, 2.75) is 51.3 Å². The summed E-state index contributed by atoms with van der Waals surface area (Å²) in [5.74, 6) is 0.0260. The number of aryl methyl sites for hydroxylation is 1. The van der Waals surface area contributed by atoms with E-state index in [-0.39, 0.29) is 11.9 Å². The number of hydrogen-bond donors (Lipinski definition) is 1. The molecule has 1 fully saturated rings. The molecule has 0 bridgehead atoms. The molecule has 5 heteroatoms. The number of hydrogen-bond acceptors (Lipinski definition) is 3. The quantitative estimate of drug-likeness (QED) is 0.870. The first-order valence-electron chi connectivity index (χ1n) is 6.75. The summed E-state index contributed by atoms with van der Waals surface area (Å²) in [4.78, 5) is 12.1. The number of nitrogens with one attached hydrogen (secondary N) is 1. The van der Waals surface area contributed by atoms with Gasteiger partial charge in [0.05, 0.1) is 23.6 Å². The number of fused-ring (bicyclic) bond motifs is 1. The fourth-order valence-electron chi connectivity index (χ4n) is 2.77. The summed E-state index contributed by atoms with van der Waals surface area (Å²) >= 11 is 0. The summed E-state index contributed by atoms with van der Waals surface area (Å²) in [7, 11) is 0. The van der Waals surface area contributed by atoms with E-state index in [0.29, 0.717) is 6.10 Å². The number of carbonyl (C=O) groups excluding carboxylic acids is 1. The van der Waals surface area contributed by atoms with Crippen molar-refractivity contribution in [1.82, 2.24) is 15.1 Å². The lowest BCUT2D eigenvalue weighted by Gasteiger charge is -2.35. The molecule has 0 unspecified atom stereocenters. The lowest BCUT2D eigenvalue weighted by Crippen LogP contribution is -2.47. The fourth-order valence-corrected chi connectivity index (χ4v) is 2.77. The van der Waals surface area contributed by atoms with E-state index in [9.17, 15) is 4.79 Å². The van der Waals surface area contributed by atoms with E-state index in [1.165, 1.54) is 0 Å². The Bertz CT molecular complexity index is 449. The molecule has 0 aromatic carbocycles. The van der Waals surface area contributed by atoms with E-state index in [1.54, 1.807) is 6.20 Å². The molecule has 1 saturated carbocycles. The third kappa shape index (κ3) is 2.03. The predicted octanol–water partition coefficient (Wildman–Crippen LogP) is 1.13. The van der Waals surface area contributed by atoms with Crippen LogP contribution in [0.4, 0.5) is 0 Å². The minimum atomic E-state index is 0.0260. The molecule has 0 radical (unpaired) electrons. The van der Waals surface area contributed by atoms with Gasteiger partial charge < -0.3 is 10.1 Å². The molecule has 0 atom stereocenters. The van der Waals surface area contributed by atoms with Gasteiger partial charge in [-0.2, -0.15) is 5.10 Å². The van der Waals surface area contributed by atoms with Crippen molar-refractivity contribution >= 4 is 5.91 Å². The largest absolute Gasteiger partial charge is 0.378 e. The molecular formula is C13H19N3O2. The molecular weight excluding hydrogens is 230 g/mol. The van der Waals surface area contributed by atoms with Crippen molar-refractivity contribution in [3.8, 4) is 0 Å². The maximum atomic E-state index is 12.1. The minimum Gasteiger partial charge on any atom is -0.378 e. The predicted molar refractivity (Wildman–Crippen MR) is 66.5 cm³/mol. The van der Waals surface area contributed by atoms with Crippen molar-refractivity contribution in [3.05, 3.63) is 17.5 Å². The Labute approximate surface area is 107 Å². The minimum absolute atomic E-state index is 0.0260. The fraction of sp³-hybridized carbons (Fsp3) is 0.692. The van der Waals surface area contributed by atoms with Crippen molar-refractivity contribution in [3.63, 3.8) is 0 Å². The molecule has 1 amide bonds. The lowest BCUT2D eigenvalue weighted by atomic mass is 9.89. The summed E-state index contributed by atoms with van der Waals surface area (Å²) in [6, 6.07) is 0.269. The number of rotatable bonds is 4. The van der Waals surface area contributed by atoms with Gasteiger partial charge in [0.25, 0.3) is 5.91 Å². The van der Waals surface area contributed by atoms with Gasteiger partial charge in [-0.05, 0) is 32.6 Å². The zero-order valence-electron chi connectivity index (χ0n) is 10.7. The zero-order valence-corrected chi connectivity index (χ0v) is 10.7. The maximum Gasteiger partial charge on any atom is 0.254 e. The van der Waals surface area contributed by atoms with E-state index >= 15 is 0 Å². The smallest absolute Gasteiger partial charge is 0.254 e. The average Bonchev–Trinajstić information content (AvgIpc) is 2.87. The van der Waals surface area contributed by atoms with Crippen LogP contribution >= 0.6 is 0 Å². The highest BCUT2D eigenvalue weighted by molar-refractivity contribution is 5.95. The second kappa shape index (κ2) is 4.72. The molecule has 5 nitrogen and oxygen atoms in total. The molecule has 1 aliphatic carbocycles. The second-order valence-electron chi connectivity index (χ2n) is 5.05. The number of amides is 1. The molecule has 98 valence electrons. The molecule has 1 aromatic rings. The van der Waals surface area contributed by atoms with E-state index in [0.717, 1.165) is 50.1 Å². The SMILES string of the molecule is CCOC1CC(NC(=O)c2cnn3c2CCC3)C1. The average molecular weight is 249 g/mol. The van der Waals surface area contributed by atoms with Crippen LogP contribution in [-0.4, -0.2) is 34.4 Å². The van der Waals surface area contributed by atoms with Gasteiger partial charge >= 0.3 is 0 Å². The first kappa shape index (κ1) is 11.7. The molecule has 0 saturated heterocycles. The normalized spacial score (nSPS) is 25.6. The number of nitrogens with zero attached hydrogens (tertiary/aromatic N) is 2. The van der Waals surface area contributed by atoms with Crippen molar-refractivity contribution in [2.24, 2.45) is 0 Å². The third-order valence-corrected chi connectivity index (χ3v) is 3.81. The van der Waals surface area contributed by atoms with Crippen molar-refractivity contribution in [2.75, 3.05) is 6.61 Å². The van der Waals surface area contributed by atoms with E-state index in [1.807, 2.05) is 11.6 Å². The molecule has 3 rings (SSSR count). The van der Waals surface area contributed by atoms with Gasteiger partial charge in [-0.1, -0.05) is 0 Å². The third-order valence-electron chi connectivity index (χ3n) is 3.81. The molecule has 1 N–H and O–H groups in total. The lowest BCUT2D eigenvalue weighted by molar-refractivity contribution is -0.00863. The Morgan fingerprint density at radius 1 is 1.61 bits per heavy atom. The van der Waals surface area contributed by atoms with Gasteiger partial charge in [-0.15, -0.1) is 0 Å². The van der Waals surface area contributed by atoms with E-state index in [4.69, 9.17) is 4.74 Å². The Hall–Kier alpha value is -1.36. The molecule has 18 heavy (non-hydrogen) atoms. The van der Waals surface area contributed by atoms with Gasteiger partial charge in [-0.25, -0.2) is 0 Å². The van der Waals surface area contributed by atoms with Crippen LogP contribution in [0.3, 0.4) is 0 Å². The Morgan fingerprint density at radius 2 is 2.44 bits per heavy atom. The summed E-state index contributed by atoms with van der Waals surface area (Å²) in [6.07, 6.45) is 5.96.